The van der Waals surface area contributed by atoms with Gasteiger partial charge in [0.1, 0.15) is 18.3 Å². The van der Waals surface area contributed by atoms with Crippen LogP contribution in [0.15, 0.2) is 6.20 Å². The molecule has 1 amide bonds. The number of carbonyl (C=O) groups excluding carboxylic acids is 1. The predicted molar refractivity (Wildman–Crippen MR) is 93.2 cm³/mol. The summed E-state index contributed by atoms with van der Waals surface area (Å²) in [6, 6.07) is -0.353. The van der Waals surface area contributed by atoms with Crippen molar-refractivity contribution < 1.29 is 32.5 Å². The summed E-state index contributed by atoms with van der Waals surface area (Å²) in [5.41, 5.74) is -0.793. The zero-order chi connectivity index (χ0) is 21.3. The summed E-state index contributed by atoms with van der Waals surface area (Å²) < 4.78 is 44.8. The molecule has 158 valence electrons. The Kier molecular flexibility index (Phi) is 6.09. The minimum absolute atomic E-state index is 0.00939. The minimum atomic E-state index is -4.51. The molecular formula is C16H25F3N5O4+. The summed E-state index contributed by atoms with van der Waals surface area (Å²) in [5.74, 6) is -0.00939. The second-order valence-electron chi connectivity index (χ2n) is 7.53. The third kappa shape index (κ3) is 5.26. The molecule has 1 aromatic rings. The van der Waals surface area contributed by atoms with Crippen LogP contribution in [0.4, 0.5) is 29.5 Å². The van der Waals surface area contributed by atoms with Gasteiger partial charge in [-0.3, -0.25) is 0 Å². The standard InChI is InChI=1S/C16H25F3N5O4/c1-11-9-21(6-7-22(11)14(25)28-15(2,3)4)13-12(24(26)27-5)8-20-23(13)10-16(17,18)19/h8,11H,6-7,9-10H2,1-5H3/q+1. The second kappa shape index (κ2) is 7.84. The number of ether oxygens (including phenoxy) is 1. The van der Waals surface area contributed by atoms with Gasteiger partial charge in [-0.1, -0.05) is 0 Å². The van der Waals surface area contributed by atoms with Gasteiger partial charge in [0.2, 0.25) is 5.82 Å². The highest BCUT2D eigenvalue weighted by Crippen LogP contribution is 2.32. The largest absolute Gasteiger partial charge is 0.444 e. The van der Waals surface area contributed by atoms with Gasteiger partial charge in [0, 0.05) is 25.7 Å². The van der Waals surface area contributed by atoms with Gasteiger partial charge in [-0.15, -0.1) is 0 Å². The van der Waals surface area contributed by atoms with Crippen LogP contribution in [0.2, 0.25) is 0 Å². The monoisotopic (exact) mass is 408 g/mol. The number of nitrogens with zero attached hydrogens (tertiary/aromatic N) is 5. The predicted octanol–water partition coefficient (Wildman–Crippen LogP) is 2.86. The van der Waals surface area contributed by atoms with Crippen LogP contribution in [-0.2, 0) is 16.1 Å². The lowest BCUT2D eigenvalue weighted by molar-refractivity contribution is -0.736. The van der Waals surface area contributed by atoms with Crippen molar-refractivity contribution in [3.05, 3.63) is 11.1 Å². The molecule has 0 aromatic carbocycles. The smallest absolute Gasteiger partial charge is 0.410 e. The molecule has 9 nitrogen and oxygen atoms in total. The Bertz CT molecular complexity index is 729. The summed E-state index contributed by atoms with van der Waals surface area (Å²) in [5, 5.41) is 3.70. The SMILES string of the molecule is CO[N+](=O)c1cnn(CC(F)(F)F)c1N1CCN(C(=O)OC(C)(C)C)C(C)C1. The summed E-state index contributed by atoms with van der Waals surface area (Å²) in [4.78, 5) is 32.0. The zero-order valence-corrected chi connectivity index (χ0v) is 16.5. The minimum Gasteiger partial charge on any atom is -0.444 e. The molecule has 1 aromatic heterocycles. The molecule has 0 aliphatic carbocycles. The quantitative estimate of drug-likeness (QED) is 0.713. The first kappa shape index (κ1) is 21.8. The zero-order valence-electron chi connectivity index (χ0n) is 16.5. The van der Waals surface area contributed by atoms with Gasteiger partial charge < -0.3 is 14.5 Å². The van der Waals surface area contributed by atoms with Crippen molar-refractivity contribution in [2.75, 3.05) is 31.6 Å². The number of halogens is 3. The van der Waals surface area contributed by atoms with Crippen LogP contribution in [0.1, 0.15) is 27.7 Å². The van der Waals surface area contributed by atoms with E-state index in [4.69, 9.17) is 4.74 Å². The normalized spacial score (nSPS) is 18.2. The van der Waals surface area contributed by atoms with E-state index in [-0.39, 0.29) is 42.1 Å². The van der Waals surface area contributed by atoms with E-state index in [1.807, 2.05) is 0 Å². The van der Waals surface area contributed by atoms with E-state index in [1.165, 1.54) is 4.90 Å². The molecule has 0 bridgehead atoms. The van der Waals surface area contributed by atoms with Gasteiger partial charge in [0.15, 0.2) is 7.11 Å². The third-order valence-electron chi connectivity index (χ3n) is 4.04. The maximum atomic E-state index is 12.9. The summed E-state index contributed by atoms with van der Waals surface area (Å²) in [7, 11) is 1.11. The third-order valence-corrected chi connectivity index (χ3v) is 4.04. The first-order chi connectivity index (χ1) is 12.8. The second-order valence-corrected chi connectivity index (χ2v) is 7.53. The highest BCUT2D eigenvalue weighted by atomic mass is 19.4. The van der Waals surface area contributed by atoms with Gasteiger partial charge in [-0.2, -0.15) is 18.3 Å². The van der Waals surface area contributed by atoms with Crippen molar-refractivity contribution in [1.29, 1.82) is 0 Å². The number of alkyl halides is 3. The van der Waals surface area contributed by atoms with Crippen LogP contribution in [0.5, 0.6) is 0 Å². The van der Waals surface area contributed by atoms with Crippen molar-refractivity contribution in [3.63, 3.8) is 0 Å². The first-order valence-corrected chi connectivity index (χ1v) is 8.71. The van der Waals surface area contributed by atoms with Crippen LogP contribution in [-0.4, -0.2) is 70.3 Å². The van der Waals surface area contributed by atoms with Crippen molar-refractivity contribution in [1.82, 2.24) is 14.7 Å². The Labute approximate surface area is 160 Å². The Morgan fingerprint density at radius 2 is 1.96 bits per heavy atom. The van der Waals surface area contributed by atoms with E-state index in [2.05, 4.69) is 9.94 Å². The number of piperazine rings is 1. The molecule has 1 aliphatic heterocycles. The number of anilines is 1. The van der Waals surface area contributed by atoms with Gasteiger partial charge in [0.05, 0.1) is 4.91 Å². The average Bonchev–Trinajstić information content (AvgIpc) is 2.93. The number of carbonyl (C=O) groups is 1. The van der Waals surface area contributed by atoms with Crippen molar-refractivity contribution >= 4 is 17.6 Å². The molecule has 0 radical (unpaired) electrons. The van der Waals surface area contributed by atoms with Gasteiger partial charge in [-0.05, 0) is 27.7 Å². The fourth-order valence-electron chi connectivity index (χ4n) is 2.95. The Morgan fingerprint density at radius 3 is 2.46 bits per heavy atom. The van der Waals surface area contributed by atoms with E-state index in [9.17, 15) is 22.9 Å². The van der Waals surface area contributed by atoms with Crippen molar-refractivity contribution in [2.24, 2.45) is 0 Å². The highest BCUT2D eigenvalue weighted by molar-refractivity contribution is 5.69. The summed E-state index contributed by atoms with van der Waals surface area (Å²) >= 11 is 0. The van der Waals surface area contributed by atoms with Crippen molar-refractivity contribution in [3.8, 4) is 0 Å². The van der Waals surface area contributed by atoms with E-state index in [0.29, 0.717) is 0 Å². The fraction of sp³-hybridized carbons (Fsp3) is 0.750. The Balaban J connectivity index is 2.25. The van der Waals surface area contributed by atoms with Crippen LogP contribution in [0, 0.1) is 4.91 Å². The average molecular weight is 408 g/mol. The molecule has 0 N–H and O–H groups in total. The van der Waals surface area contributed by atoms with Gasteiger partial charge in [0.25, 0.3) is 4.92 Å². The molecule has 2 rings (SSSR count). The fourth-order valence-corrected chi connectivity index (χ4v) is 2.95. The highest BCUT2D eigenvalue weighted by Gasteiger charge is 2.39. The Hall–Kier alpha value is -2.53. The lowest BCUT2D eigenvalue weighted by Gasteiger charge is -2.40. The van der Waals surface area contributed by atoms with Crippen LogP contribution in [0.25, 0.3) is 0 Å². The maximum Gasteiger partial charge on any atom is 0.410 e. The molecule has 1 fully saturated rings. The molecule has 1 aliphatic rings. The summed E-state index contributed by atoms with van der Waals surface area (Å²) in [6.45, 7) is 6.29. The van der Waals surface area contributed by atoms with Crippen molar-refractivity contribution in [2.45, 2.75) is 52.1 Å². The molecule has 2 heterocycles. The molecule has 1 saturated heterocycles. The molecule has 12 heteroatoms. The van der Waals surface area contributed by atoms with E-state index >= 15 is 0 Å². The van der Waals surface area contributed by atoms with Gasteiger partial charge in [-0.25, -0.2) is 14.3 Å². The number of hydrogen-bond acceptors (Lipinski definition) is 6. The van der Waals surface area contributed by atoms with Gasteiger partial charge >= 0.3 is 18.0 Å². The van der Waals surface area contributed by atoms with Crippen LogP contribution < -0.4 is 4.90 Å². The summed E-state index contributed by atoms with van der Waals surface area (Å²) in [6.07, 6.45) is -3.98. The Morgan fingerprint density at radius 1 is 1.32 bits per heavy atom. The molecule has 0 spiro atoms. The van der Waals surface area contributed by atoms with E-state index in [0.717, 1.165) is 18.0 Å². The molecule has 1 unspecified atom stereocenters. The number of rotatable bonds is 4. The lowest BCUT2D eigenvalue weighted by Crippen LogP contribution is -2.55. The van der Waals surface area contributed by atoms with Crippen LogP contribution >= 0.6 is 0 Å². The van der Waals surface area contributed by atoms with E-state index < -0.39 is 24.4 Å². The first-order valence-electron chi connectivity index (χ1n) is 8.71. The molecule has 0 saturated carbocycles. The topological polar surface area (TPSA) is 79.9 Å². The number of aromatic nitrogens is 2. The molecule has 1 atom stereocenters. The number of hydrogen-bond donors (Lipinski definition) is 0. The van der Waals surface area contributed by atoms with Crippen LogP contribution in [0.3, 0.4) is 0 Å². The molecular weight excluding hydrogens is 383 g/mol. The lowest BCUT2D eigenvalue weighted by atomic mass is 10.2. The molecule has 28 heavy (non-hydrogen) atoms. The van der Waals surface area contributed by atoms with E-state index in [1.54, 1.807) is 32.6 Å². The maximum absolute atomic E-state index is 12.9. The number of amides is 1.